The zero-order valence-electron chi connectivity index (χ0n) is 7.12. The molecular formula is C7H12BN2OY-. The summed E-state index contributed by atoms with van der Waals surface area (Å²) in [6, 6.07) is 0.255. The first-order valence-corrected chi connectivity index (χ1v) is 3.80. The van der Waals surface area contributed by atoms with Gasteiger partial charge in [0.1, 0.15) is 0 Å². The van der Waals surface area contributed by atoms with E-state index in [2.05, 4.69) is 12.4 Å². The normalized spacial score (nSPS) is 19.8. The van der Waals surface area contributed by atoms with Gasteiger partial charge in [-0.1, -0.05) is 0 Å². The molecule has 0 aromatic rings. The molecule has 0 aromatic carbocycles. The van der Waals surface area contributed by atoms with Crippen molar-refractivity contribution in [3.05, 3.63) is 7.05 Å². The summed E-state index contributed by atoms with van der Waals surface area (Å²) in [5.41, 5.74) is 0. The quantitative estimate of drug-likeness (QED) is 0.521. The topological polar surface area (TPSA) is 32.3 Å². The van der Waals surface area contributed by atoms with E-state index < -0.39 is 5.81 Å². The molecule has 0 aliphatic carbocycles. The fraction of sp³-hybridized carbons (Fsp3) is 0.714. The minimum absolute atomic E-state index is 0. The molecule has 12 heavy (non-hydrogen) atoms. The number of hydrogen-bond acceptors (Lipinski definition) is 2. The molecule has 1 aliphatic rings. The van der Waals surface area contributed by atoms with Gasteiger partial charge in [-0.15, -0.1) is 0 Å². The molecule has 0 unspecified atom stereocenters. The smallest absolute Gasteiger partial charge is 0.200 e. The van der Waals surface area contributed by atoms with Crippen LogP contribution in [0.2, 0.25) is 0 Å². The number of piperidine rings is 1. The van der Waals surface area contributed by atoms with E-state index in [1.165, 1.54) is 0 Å². The van der Waals surface area contributed by atoms with Gasteiger partial charge < -0.3 is 10.2 Å². The van der Waals surface area contributed by atoms with Gasteiger partial charge in [0.15, 0.2) is 5.81 Å². The molecule has 3 radical (unpaired) electrons. The second-order valence-corrected chi connectivity index (χ2v) is 2.90. The predicted octanol–water partition coefficient (Wildman–Crippen LogP) is 0.118. The Morgan fingerprint density at radius 3 is 2.42 bits per heavy atom. The van der Waals surface area contributed by atoms with Crippen LogP contribution in [0.5, 0.6) is 0 Å². The summed E-state index contributed by atoms with van der Waals surface area (Å²) >= 11 is 0. The summed E-state index contributed by atoms with van der Waals surface area (Å²) in [4.78, 5) is 12.4. The van der Waals surface area contributed by atoms with Crippen LogP contribution in [-0.2, 0) is 32.7 Å². The van der Waals surface area contributed by atoms with Gasteiger partial charge in [-0.25, -0.2) is 0 Å². The molecule has 1 heterocycles. The van der Waals surface area contributed by atoms with Crippen molar-refractivity contribution in [3.8, 4) is 0 Å². The molecule has 1 rings (SSSR count). The first-order chi connectivity index (χ1) is 5.18. The van der Waals surface area contributed by atoms with Crippen molar-refractivity contribution < 1.29 is 37.5 Å². The monoisotopic (exact) mass is 240 g/mol. The molecule has 1 amide bonds. The number of amides is 1. The molecule has 3 nitrogen and oxygen atoms in total. The van der Waals surface area contributed by atoms with Crippen molar-refractivity contribution >= 4 is 13.7 Å². The number of nitrogens with one attached hydrogen (secondary N) is 1. The predicted molar refractivity (Wildman–Crippen MR) is 44.2 cm³/mol. The molecule has 0 aromatic heterocycles. The maximum atomic E-state index is 10.4. The molecule has 5 heteroatoms. The van der Waals surface area contributed by atoms with Crippen LogP contribution in [0.25, 0.3) is 0 Å². The van der Waals surface area contributed by atoms with Gasteiger partial charge in [0, 0.05) is 38.8 Å². The molecule has 1 saturated heterocycles. The number of carbonyl (C=O) groups is 1. The Bertz CT molecular complexity index is 148. The van der Waals surface area contributed by atoms with E-state index in [-0.39, 0.29) is 38.8 Å². The first kappa shape index (κ1) is 12.6. The average molecular weight is 240 g/mol. The first-order valence-electron chi connectivity index (χ1n) is 3.80. The minimum atomic E-state index is -0.424. The van der Waals surface area contributed by atoms with E-state index in [4.69, 9.17) is 7.85 Å². The Morgan fingerprint density at radius 2 is 2.00 bits per heavy atom. The van der Waals surface area contributed by atoms with Crippen LogP contribution in [-0.4, -0.2) is 37.7 Å². The van der Waals surface area contributed by atoms with Crippen LogP contribution in [0, 0.1) is 7.05 Å². The van der Waals surface area contributed by atoms with Crippen molar-refractivity contribution in [1.82, 2.24) is 10.2 Å². The molecule has 0 saturated carbocycles. The van der Waals surface area contributed by atoms with Crippen LogP contribution in [0.4, 0.5) is 4.79 Å². The summed E-state index contributed by atoms with van der Waals surface area (Å²) in [5, 5.41) is 2.69. The number of carbonyl (C=O) groups excluding carboxylic acids is 1. The van der Waals surface area contributed by atoms with E-state index in [9.17, 15) is 4.79 Å². The van der Waals surface area contributed by atoms with Gasteiger partial charge in [0.05, 0.1) is 0 Å². The Labute approximate surface area is 99.9 Å². The summed E-state index contributed by atoms with van der Waals surface area (Å²) in [6.45, 7) is 1.87. The molecular weight excluding hydrogens is 228 g/mol. The molecule has 1 N–H and O–H groups in total. The summed E-state index contributed by atoms with van der Waals surface area (Å²) < 4.78 is 0. The Hall–Kier alpha value is 0.599. The third-order valence-electron chi connectivity index (χ3n) is 1.93. The van der Waals surface area contributed by atoms with Crippen LogP contribution in [0.15, 0.2) is 0 Å². The molecule has 1 aliphatic heterocycles. The second-order valence-electron chi connectivity index (χ2n) is 2.90. The Morgan fingerprint density at radius 1 is 1.50 bits per heavy atom. The standard InChI is InChI=1S/C7H12BN2O.Y/c1-10-4-2-6(3-5-10)9-7(8)11;/h6H,1-5H2,(H,9,11);/q-1;. The zero-order chi connectivity index (χ0) is 8.27. The summed E-state index contributed by atoms with van der Waals surface area (Å²) in [7, 11) is 8.78. The second kappa shape index (κ2) is 6.11. The van der Waals surface area contributed by atoms with Gasteiger partial charge in [-0.3, -0.25) is 11.8 Å². The fourth-order valence-corrected chi connectivity index (χ4v) is 1.28. The third kappa shape index (κ3) is 4.58. The van der Waals surface area contributed by atoms with Crippen LogP contribution >= 0.6 is 0 Å². The Balaban J connectivity index is 0.00000121. The summed E-state index contributed by atoms with van der Waals surface area (Å²) in [5.74, 6) is -0.424. The van der Waals surface area contributed by atoms with Gasteiger partial charge in [0.2, 0.25) is 7.85 Å². The summed E-state index contributed by atoms with van der Waals surface area (Å²) in [6.07, 6.45) is 1.90. The molecule has 0 atom stereocenters. The minimum Gasteiger partial charge on any atom is -0.459 e. The number of nitrogens with zero attached hydrogens (tertiary/aromatic N) is 1. The van der Waals surface area contributed by atoms with E-state index >= 15 is 0 Å². The van der Waals surface area contributed by atoms with Crippen molar-refractivity contribution in [2.24, 2.45) is 0 Å². The van der Waals surface area contributed by atoms with Gasteiger partial charge in [-0.2, -0.15) is 0 Å². The van der Waals surface area contributed by atoms with Crippen molar-refractivity contribution in [2.75, 3.05) is 13.1 Å². The zero-order valence-corrected chi connectivity index (χ0v) is 9.96. The average Bonchev–Trinajstić information content (AvgIpc) is 1.93. The van der Waals surface area contributed by atoms with Crippen molar-refractivity contribution in [3.63, 3.8) is 0 Å². The number of rotatable bonds is 1. The van der Waals surface area contributed by atoms with Crippen LogP contribution in [0.1, 0.15) is 12.8 Å². The largest absolute Gasteiger partial charge is 0.459 e. The number of likely N-dealkylation sites (tertiary alicyclic amines) is 1. The van der Waals surface area contributed by atoms with Crippen LogP contribution in [0.3, 0.4) is 0 Å². The van der Waals surface area contributed by atoms with E-state index in [1.807, 2.05) is 4.90 Å². The van der Waals surface area contributed by atoms with Crippen molar-refractivity contribution in [2.45, 2.75) is 18.9 Å². The maximum Gasteiger partial charge on any atom is 0.200 e. The van der Waals surface area contributed by atoms with Gasteiger partial charge >= 0.3 is 0 Å². The number of hydrogen-bond donors (Lipinski definition) is 1. The van der Waals surface area contributed by atoms with E-state index in [0.717, 1.165) is 25.9 Å². The van der Waals surface area contributed by atoms with Crippen LogP contribution < -0.4 is 5.32 Å². The molecule has 0 spiro atoms. The fourth-order valence-electron chi connectivity index (χ4n) is 1.28. The van der Waals surface area contributed by atoms with Gasteiger partial charge in [0.25, 0.3) is 0 Å². The Kier molecular flexibility index (Phi) is 6.42. The molecule has 1 fully saturated rings. The molecule has 0 bridgehead atoms. The van der Waals surface area contributed by atoms with E-state index in [1.54, 1.807) is 0 Å². The van der Waals surface area contributed by atoms with Gasteiger partial charge in [-0.05, 0) is 25.9 Å². The third-order valence-corrected chi connectivity index (χ3v) is 1.93. The van der Waals surface area contributed by atoms with E-state index in [0.29, 0.717) is 0 Å². The molecule has 63 valence electrons. The van der Waals surface area contributed by atoms with Crippen molar-refractivity contribution in [1.29, 1.82) is 0 Å². The SMILES string of the molecule is [B]C(=O)NC1CCN([CH2-])CC1.[Y]. The maximum absolute atomic E-state index is 10.4.